The van der Waals surface area contributed by atoms with E-state index in [1.54, 1.807) is 36.4 Å². The Labute approximate surface area is 220 Å². The molecule has 0 bridgehead atoms. The molecule has 3 N–H and O–H groups in total. The highest BCUT2D eigenvalue weighted by molar-refractivity contribution is 9.10. The lowest BCUT2D eigenvalue weighted by Crippen LogP contribution is -2.29. The number of rotatable bonds is 10. The molecule has 0 aliphatic carbocycles. The highest BCUT2D eigenvalue weighted by Gasteiger charge is 2.18. The van der Waals surface area contributed by atoms with Crippen molar-refractivity contribution in [2.24, 2.45) is 5.92 Å². The van der Waals surface area contributed by atoms with Gasteiger partial charge in [0, 0.05) is 16.6 Å². The van der Waals surface area contributed by atoms with E-state index in [1.165, 1.54) is 37.1 Å². The molecule has 36 heavy (non-hydrogen) atoms. The number of piperidine rings is 1. The molecular formula is C27H30BrN3O4S. The highest BCUT2D eigenvalue weighted by atomic mass is 79.9. The number of carbonyl (C=O) groups excluding carboxylic acids is 1. The van der Waals surface area contributed by atoms with Gasteiger partial charge in [-0.3, -0.25) is 9.52 Å². The first-order valence-electron chi connectivity index (χ1n) is 12.0. The quantitative estimate of drug-likeness (QED) is 0.277. The zero-order valence-electron chi connectivity index (χ0n) is 19.9. The van der Waals surface area contributed by atoms with Crippen molar-refractivity contribution in [2.45, 2.75) is 30.6 Å². The van der Waals surface area contributed by atoms with Crippen molar-refractivity contribution >= 4 is 37.5 Å². The number of nitrogens with one attached hydrogen (secondary N) is 3. The molecule has 4 rings (SSSR count). The van der Waals surface area contributed by atoms with Crippen LogP contribution in [0.4, 0.5) is 5.69 Å². The maximum atomic E-state index is 13.0. The number of hydrogen-bond donors (Lipinski definition) is 3. The minimum atomic E-state index is -3.88. The molecule has 0 unspecified atom stereocenters. The van der Waals surface area contributed by atoms with Gasteiger partial charge < -0.3 is 15.4 Å². The predicted octanol–water partition coefficient (Wildman–Crippen LogP) is 5.55. The first-order valence-corrected chi connectivity index (χ1v) is 14.3. The van der Waals surface area contributed by atoms with Crippen LogP contribution in [-0.2, 0) is 10.0 Å². The maximum absolute atomic E-state index is 13.0. The molecule has 0 spiro atoms. The second-order valence-electron chi connectivity index (χ2n) is 8.77. The van der Waals surface area contributed by atoms with Crippen molar-refractivity contribution in [1.29, 1.82) is 0 Å². The number of ether oxygens (including phenoxy) is 1. The fourth-order valence-corrected chi connectivity index (χ4v) is 5.46. The standard InChI is InChI=1S/C27H30BrN3O4S/c28-22-9-11-23(12-10-22)35-26-6-2-1-5-25(26)31-36(33,34)24-13-7-21(8-14-24)27(32)30-17-3-4-20-15-18-29-19-16-20/h1-2,5-14,20,29,31H,3-4,15-19H2,(H,30,32). The Morgan fingerprint density at radius 1 is 0.972 bits per heavy atom. The third kappa shape index (κ3) is 7.32. The van der Waals surface area contributed by atoms with Crippen molar-refractivity contribution in [3.63, 3.8) is 0 Å². The number of benzene rings is 3. The molecule has 0 aromatic heterocycles. The van der Waals surface area contributed by atoms with Crippen LogP contribution in [0.3, 0.4) is 0 Å². The largest absolute Gasteiger partial charge is 0.455 e. The Morgan fingerprint density at radius 3 is 2.39 bits per heavy atom. The number of carbonyl (C=O) groups is 1. The van der Waals surface area contributed by atoms with Crippen molar-refractivity contribution in [2.75, 3.05) is 24.4 Å². The minimum absolute atomic E-state index is 0.0587. The Morgan fingerprint density at radius 2 is 1.67 bits per heavy atom. The lowest BCUT2D eigenvalue weighted by Gasteiger charge is -2.22. The van der Waals surface area contributed by atoms with Crippen LogP contribution in [-0.4, -0.2) is 34.0 Å². The van der Waals surface area contributed by atoms with Gasteiger partial charge in [0.15, 0.2) is 5.75 Å². The molecule has 0 radical (unpaired) electrons. The third-order valence-electron chi connectivity index (χ3n) is 6.13. The van der Waals surface area contributed by atoms with Crippen molar-refractivity contribution < 1.29 is 17.9 Å². The minimum Gasteiger partial charge on any atom is -0.455 e. The smallest absolute Gasteiger partial charge is 0.262 e. The molecule has 1 heterocycles. The van der Waals surface area contributed by atoms with E-state index in [0.29, 0.717) is 29.3 Å². The first kappa shape index (κ1) is 26.2. The number of amides is 1. The van der Waals surface area contributed by atoms with E-state index in [1.807, 2.05) is 12.1 Å². The van der Waals surface area contributed by atoms with Crippen LogP contribution in [0, 0.1) is 5.92 Å². The lowest BCUT2D eigenvalue weighted by atomic mass is 9.93. The fourth-order valence-electron chi connectivity index (χ4n) is 4.12. The summed E-state index contributed by atoms with van der Waals surface area (Å²) in [6.45, 7) is 2.76. The summed E-state index contributed by atoms with van der Waals surface area (Å²) in [5.41, 5.74) is 0.741. The molecule has 9 heteroatoms. The number of anilines is 1. The Balaban J connectivity index is 1.34. The van der Waals surface area contributed by atoms with Crippen LogP contribution in [0.5, 0.6) is 11.5 Å². The summed E-state index contributed by atoms with van der Waals surface area (Å²) >= 11 is 3.38. The normalized spacial score (nSPS) is 14.2. The van der Waals surface area contributed by atoms with E-state index in [9.17, 15) is 13.2 Å². The summed E-state index contributed by atoms with van der Waals surface area (Å²) in [5.74, 6) is 1.48. The number of para-hydroxylation sites is 2. The van der Waals surface area contributed by atoms with E-state index in [-0.39, 0.29) is 10.8 Å². The summed E-state index contributed by atoms with van der Waals surface area (Å²) in [5, 5.41) is 6.29. The lowest BCUT2D eigenvalue weighted by molar-refractivity contribution is 0.0952. The van der Waals surface area contributed by atoms with Crippen molar-refractivity contribution in [3.05, 3.63) is 82.8 Å². The van der Waals surface area contributed by atoms with Gasteiger partial charge in [0.25, 0.3) is 15.9 Å². The van der Waals surface area contributed by atoms with Crippen LogP contribution in [0.25, 0.3) is 0 Å². The zero-order valence-corrected chi connectivity index (χ0v) is 22.3. The van der Waals surface area contributed by atoms with Gasteiger partial charge in [-0.25, -0.2) is 8.42 Å². The summed E-state index contributed by atoms with van der Waals surface area (Å²) in [6.07, 6.45) is 4.43. The van der Waals surface area contributed by atoms with Crippen LogP contribution in [0.15, 0.2) is 82.2 Å². The van der Waals surface area contributed by atoms with E-state index >= 15 is 0 Å². The Hall–Kier alpha value is -2.88. The molecule has 1 amide bonds. The van der Waals surface area contributed by atoms with Crippen LogP contribution in [0.2, 0.25) is 0 Å². The predicted molar refractivity (Wildman–Crippen MR) is 145 cm³/mol. The third-order valence-corrected chi connectivity index (χ3v) is 8.04. The topological polar surface area (TPSA) is 96.5 Å². The van der Waals surface area contributed by atoms with E-state index in [2.05, 4.69) is 31.3 Å². The molecule has 190 valence electrons. The second kappa shape index (κ2) is 12.4. The van der Waals surface area contributed by atoms with Gasteiger partial charge in [-0.1, -0.05) is 28.1 Å². The molecule has 7 nitrogen and oxygen atoms in total. The van der Waals surface area contributed by atoms with Crippen molar-refractivity contribution in [1.82, 2.24) is 10.6 Å². The van der Waals surface area contributed by atoms with Gasteiger partial charge in [0.2, 0.25) is 0 Å². The van der Waals surface area contributed by atoms with Gasteiger partial charge in [0.1, 0.15) is 5.75 Å². The summed E-state index contributed by atoms with van der Waals surface area (Å²) in [7, 11) is -3.88. The summed E-state index contributed by atoms with van der Waals surface area (Å²) in [4.78, 5) is 12.5. The zero-order chi connectivity index (χ0) is 25.4. The van der Waals surface area contributed by atoms with E-state index < -0.39 is 10.0 Å². The molecule has 1 saturated heterocycles. The molecule has 3 aromatic carbocycles. The molecular weight excluding hydrogens is 542 g/mol. The monoisotopic (exact) mass is 571 g/mol. The van der Waals surface area contributed by atoms with Gasteiger partial charge >= 0.3 is 0 Å². The van der Waals surface area contributed by atoms with Gasteiger partial charge in [0.05, 0.1) is 10.6 Å². The van der Waals surface area contributed by atoms with Crippen LogP contribution < -0.4 is 20.1 Å². The first-order chi connectivity index (χ1) is 17.4. The molecule has 1 aliphatic heterocycles. The van der Waals surface area contributed by atoms with Gasteiger partial charge in [-0.15, -0.1) is 0 Å². The highest BCUT2D eigenvalue weighted by Crippen LogP contribution is 2.31. The Kier molecular flexibility index (Phi) is 9.01. The summed E-state index contributed by atoms with van der Waals surface area (Å²) in [6, 6.07) is 20.0. The SMILES string of the molecule is O=C(NCCCC1CCNCC1)c1ccc(S(=O)(=O)Nc2ccccc2Oc2ccc(Br)cc2)cc1. The second-order valence-corrected chi connectivity index (χ2v) is 11.4. The maximum Gasteiger partial charge on any atom is 0.262 e. The van der Waals surface area contributed by atoms with Crippen molar-refractivity contribution in [3.8, 4) is 11.5 Å². The number of halogens is 1. The number of hydrogen-bond acceptors (Lipinski definition) is 5. The number of sulfonamides is 1. The summed E-state index contributed by atoms with van der Waals surface area (Å²) < 4.78 is 35.4. The van der Waals surface area contributed by atoms with Crippen LogP contribution in [0.1, 0.15) is 36.0 Å². The fraction of sp³-hybridized carbons (Fsp3) is 0.296. The van der Waals surface area contributed by atoms with E-state index in [4.69, 9.17) is 4.74 Å². The Bertz CT molecular complexity index is 1260. The average molecular weight is 573 g/mol. The van der Waals surface area contributed by atoms with Gasteiger partial charge in [-0.2, -0.15) is 0 Å². The molecule has 3 aromatic rings. The molecule has 1 fully saturated rings. The van der Waals surface area contributed by atoms with E-state index in [0.717, 1.165) is 36.3 Å². The average Bonchev–Trinajstić information content (AvgIpc) is 2.89. The molecule has 1 aliphatic rings. The molecule has 0 atom stereocenters. The van der Waals surface area contributed by atoms with Crippen LogP contribution >= 0.6 is 15.9 Å². The molecule has 0 saturated carbocycles. The van der Waals surface area contributed by atoms with Gasteiger partial charge in [-0.05, 0) is 105 Å².